The van der Waals surface area contributed by atoms with Gasteiger partial charge in [0.25, 0.3) is 0 Å². The van der Waals surface area contributed by atoms with Crippen LogP contribution in [-0.2, 0) is 16.1 Å². The summed E-state index contributed by atoms with van der Waals surface area (Å²) in [6.45, 7) is 3.27. The SMILES string of the molecule is CC(=O)OCc1cc(-c2ccccc2)cc(C)c1O. The van der Waals surface area contributed by atoms with E-state index < -0.39 is 0 Å². The number of esters is 1. The number of rotatable bonds is 3. The summed E-state index contributed by atoms with van der Waals surface area (Å²) >= 11 is 0. The summed E-state index contributed by atoms with van der Waals surface area (Å²) in [6, 6.07) is 13.6. The fourth-order valence-corrected chi connectivity index (χ4v) is 1.94. The van der Waals surface area contributed by atoms with E-state index in [1.807, 2.05) is 49.4 Å². The van der Waals surface area contributed by atoms with Gasteiger partial charge < -0.3 is 9.84 Å². The number of hydrogen-bond acceptors (Lipinski definition) is 3. The average Bonchev–Trinajstić information content (AvgIpc) is 2.41. The zero-order valence-electron chi connectivity index (χ0n) is 11.0. The summed E-state index contributed by atoms with van der Waals surface area (Å²) in [5.41, 5.74) is 3.45. The molecule has 0 unspecified atom stereocenters. The minimum absolute atomic E-state index is 0.0860. The predicted molar refractivity (Wildman–Crippen MR) is 73.7 cm³/mol. The van der Waals surface area contributed by atoms with Crippen LogP contribution in [-0.4, -0.2) is 11.1 Å². The van der Waals surface area contributed by atoms with E-state index in [-0.39, 0.29) is 18.3 Å². The van der Waals surface area contributed by atoms with Crippen LogP contribution in [0.2, 0.25) is 0 Å². The Hall–Kier alpha value is -2.29. The van der Waals surface area contributed by atoms with Gasteiger partial charge in [-0.2, -0.15) is 0 Å². The van der Waals surface area contributed by atoms with Crippen LogP contribution in [0.3, 0.4) is 0 Å². The molecule has 0 atom stereocenters. The molecule has 98 valence electrons. The van der Waals surface area contributed by atoms with Gasteiger partial charge in [0.15, 0.2) is 0 Å². The molecule has 0 aliphatic rings. The van der Waals surface area contributed by atoms with E-state index in [2.05, 4.69) is 0 Å². The zero-order chi connectivity index (χ0) is 13.8. The molecule has 0 spiro atoms. The Labute approximate surface area is 112 Å². The van der Waals surface area contributed by atoms with Crippen LogP contribution in [0.1, 0.15) is 18.1 Å². The molecule has 0 fully saturated rings. The van der Waals surface area contributed by atoms with Gasteiger partial charge in [-0.1, -0.05) is 30.3 Å². The number of aryl methyl sites for hydroxylation is 1. The third-order valence-corrected chi connectivity index (χ3v) is 2.92. The lowest BCUT2D eigenvalue weighted by molar-refractivity contribution is -0.142. The third-order valence-electron chi connectivity index (χ3n) is 2.92. The Morgan fingerprint density at radius 1 is 1.16 bits per heavy atom. The maximum absolute atomic E-state index is 10.9. The molecule has 0 saturated carbocycles. The fraction of sp³-hybridized carbons (Fsp3) is 0.188. The van der Waals surface area contributed by atoms with Crippen molar-refractivity contribution in [2.45, 2.75) is 20.5 Å². The maximum atomic E-state index is 10.9. The maximum Gasteiger partial charge on any atom is 0.302 e. The first-order valence-electron chi connectivity index (χ1n) is 6.09. The summed E-state index contributed by atoms with van der Waals surface area (Å²) in [5.74, 6) is -0.178. The van der Waals surface area contributed by atoms with Gasteiger partial charge in [-0.3, -0.25) is 4.79 Å². The fourth-order valence-electron chi connectivity index (χ4n) is 1.94. The average molecular weight is 256 g/mol. The number of benzene rings is 2. The predicted octanol–water partition coefficient (Wildman–Crippen LogP) is 3.43. The van der Waals surface area contributed by atoms with Crippen LogP contribution in [0, 0.1) is 6.92 Å². The molecule has 0 heterocycles. The molecule has 0 saturated heterocycles. The van der Waals surface area contributed by atoms with E-state index in [1.165, 1.54) is 6.92 Å². The van der Waals surface area contributed by atoms with Gasteiger partial charge in [-0.05, 0) is 35.7 Å². The van der Waals surface area contributed by atoms with Gasteiger partial charge in [0, 0.05) is 12.5 Å². The lowest BCUT2D eigenvalue weighted by Crippen LogP contribution is -2.00. The van der Waals surface area contributed by atoms with Gasteiger partial charge in [0.05, 0.1) is 0 Å². The van der Waals surface area contributed by atoms with Crippen molar-refractivity contribution in [2.24, 2.45) is 0 Å². The van der Waals surface area contributed by atoms with E-state index >= 15 is 0 Å². The lowest BCUT2D eigenvalue weighted by Gasteiger charge is -2.11. The third kappa shape index (κ3) is 3.13. The molecule has 0 radical (unpaired) electrons. The van der Waals surface area contributed by atoms with E-state index in [0.29, 0.717) is 5.56 Å². The summed E-state index contributed by atoms with van der Waals surface area (Å²) in [7, 11) is 0. The molecule has 19 heavy (non-hydrogen) atoms. The first kappa shape index (κ1) is 13.1. The highest BCUT2D eigenvalue weighted by Crippen LogP contribution is 2.30. The van der Waals surface area contributed by atoms with Crippen LogP contribution in [0.25, 0.3) is 11.1 Å². The largest absolute Gasteiger partial charge is 0.507 e. The molecule has 0 aliphatic carbocycles. The van der Waals surface area contributed by atoms with Crippen molar-refractivity contribution in [3.05, 3.63) is 53.6 Å². The van der Waals surface area contributed by atoms with Crippen LogP contribution >= 0.6 is 0 Å². The Morgan fingerprint density at radius 2 is 1.84 bits per heavy atom. The van der Waals surface area contributed by atoms with Crippen LogP contribution < -0.4 is 0 Å². The molecule has 3 heteroatoms. The van der Waals surface area contributed by atoms with Gasteiger partial charge in [-0.15, -0.1) is 0 Å². The molecule has 1 N–H and O–H groups in total. The normalized spacial score (nSPS) is 10.2. The molecular weight excluding hydrogens is 240 g/mol. The van der Waals surface area contributed by atoms with Crippen molar-refractivity contribution < 1.29 is 14.6 Å². The van der Waals surface area contributed by atoms with Gasteiger partial charge in [0.2, 0.25) is 0 Å². The van der Waals surface area contributed by atoms with Crippen LogP contribution in [0.5, 0.6) is 5.75 Å². The van der Waals surface area contributed by atoms with Gasteiger partial charge in [-0.25, -0.2) is 0 Å². The van der Waals surface area contributed by atoms with Crippen molar-refractivity contribution in [1.82, 2.24) is 0 Å². The Balaban J connectivity index is 2.39. The second-order valence-electron chi connectivity index (χ2n) is 4.45. The van der Waals surface area contributed by atoms with Crippen LogP contribution in [0.4, 0.5) is 0 Å². The summed E-state index contributed by atoms with van der Waals surface area (Å²) in [4.78, 5) is 10.9. The Morgan fingerprint density at radius 3 is 2.47 bits per heavy atom. The minimum Gasteiger partial charge on any atom is -0.507 e. The number of hydrogen-bond donors (Lipinski definition) is 1. The quantitative estimate of drug-likeness (QED) is 0.856. The minimum atomic E-state index is -0.359. The van der Waals surface area contributed by atoms with Crippen molar-refractivity contribution in [1.29, 1.82) is 0 Å². The standard InChI is InChI=1S/C16H16O3/c1-11-8-14(13-6-4-3-5-7-13)9-15(16(11)18)10-19-12(2)17/h3-9,18H,10H2,1-2H3. The van der Waals surface area contributed by atoms with Gasteiger partial charge >= 0.3 is 5.97 Å². The van der Waals surface area contributed by atoms with Gasteiger partial charge in [0.1, 0.15) is 12.4 Å². The number of phenolic OH excluding ortho intramolecular Hbond substituents is 1. The molecule has 2 aromatic carbocycles. The molecule has 0 aliphatic heterocycles. The summed E-state index contributed by atoms with van der Waals surface area (Å²) in [6.07, 6.45) is 0. The second-order valence-corrected chi connectivity index (χ2v) is 4.45. The molecule has 2 aromatic rings. The van der Waals surface area contributed by atoms with Crippen molar-refractivity contribution >= 4 is 5.97 Å². The highest BCUT2D eigenvalue weighted by molar-refractivity contribution is 5.68. The number of ether oxygens (including phenoxy) is 1. The monoisotopic (exact) mass is 256 g/mol. The van der Waals surface area contributed by atoms with E-state index in [1.54, 1.807) is 0 Å². The molecule has 0 aromatic heterocycles. The van der Waals surface area contributed by atoms with Crippen LogP contribution in [0.15, 0.2) is 42.5 Å². The topological polar surface area (TPSA) is 46.5 Å². The highest BCUT2D eigenvalue weighted by Gasteiger charge is 2.09. The highest BCUT2D eigenvalue weighted by atomic mass is 16.5. The van der Waals surface area contributed by atoms with E-state index in [0.717, 1.165) is 16.7 Å². The molecule has 0 bridgehead atoms. The number of aromatic hydroxyl groups is 1. The first-order valence-corrected chi connectivity index (χ1v) is 6.09. The first-order chi connectivity index (χ1) is 9.08. The second kappa shape index (κ2) is 5.57. The van der Waals surface area contributed by atoms with Crippen molar-refractivity contribution in [3.8, 4) is 16.9 Å². The summed E-state index contributed by atoms with van der Waals surface area (Å²) in [5, 5.41) is 9.99. The molecule has 0 amide bonds. The summed E-state index contributed by atoms with van der Waals surface area (Å²) < 4.78 is 4.96. The Bertz CT molecular complexity index is 588. The Kier molecular flexibility index (Phi) is 3.85. The number of carbonyl (C=O) groups excluding carboxylic acids is 1. The van der Waals surface area contributed by atoms with E-state index in [9.17, 15) is 9.90 Å². The number of phenols is 1. The van der Waals surface area contributed by atoms with E-state index in [4.69, 9.17) is 4.74 Å². The molecule has 3 nitrogen and oxygen atoms in total. The zero-order valence-corrected chi connectivity index (χ0v) is 11.0. The lowest BCUT2D eigenvalue weighted by atomic mass is 9.99. The molecule has 2 rings (SSSR count). The number of carbonyl (C=O) groups is 1. The molecular formula is C16H16O3. The van der Waals surface area contributed by atoms with Crippen molar-refractivity contribution in [3.63, 3.8) is 0 Å². The van der Waals surface area contributed by atoms with Crippen molar-refractivity contribution in [2.75, 3.05) is 0 Å². The smallest absolute Gasteiger partial charge is 0.302 e.